The van der Waals surface area contributed by atoms with Gasteiger partial charge in [-0.1, -0.05) is 36.4 Å². The van der Waals surface area contributed by atoms with Crippen LogP contribution < -0.4 is 19.5 Å². The molecule has 1 amide bonds. The van der Waals surface area contributed by atoms with Gasteiger partial charge in [-0.3, -0.25) is 4.79 Å². The van der Waals surface area contributed by atoms with Crippen molar-refractivity contribution in [3.63, 3.8) is 0 Å². The highest BCUT2D eigenvalue weighted by molar-refractivity contribution is 5.79. The van der Waals surface area contributed by atoms with Crippen molar-refractivity contribution in [2.24, 2.45) is 0 Å². The highest BCUT2D eigenvalue weighted by Gasteiger charge is 2.18. The number of fused-ring (bicyclic) bond motifs is 1. The molecule has 0 aliphatic carbocycles. The Labute approximate surface area is 230 Å². The third-order valence-electron chi connectivity index (χ3n) is 6.61. The Morgan fingerprint density at radius 2 is 1.77 bits per heavy atom. The zero-order valence-corrected chi connectivity index (χ0v) is 23.0. The molecule has 1 unspecified atom stereocenters. The van der Waals surface area contributed by atoms with Crippen molar-refractivity contribution in [2.45, 2.75) is 45.2 Å². The number of methoxy groups -OCH3 is 2. The smallest absolute Gasteiger partial charge is 0.224 e. The van der Waals surface area contributed by atoms with E-state index in [-0.39, 0.29) is 11.9 Å². The largest absolute Gasteiger partial charge is 0.497 e. The van der Waals surface area contributed by atoms with Crippen LogP contribution in [0.15, 0.2) is 79.4 Å². The van der Waals surface area contributed by atoms with Crippen LogP contribution in [0, 0.1) is 0 Å². The number of imidazole rings is 1. The highest BCUT2D eigenvalue weighted by atomic mass is 16.5. The number of amides is 1. The molecule has 39 heavy (non-hydrogen) atoms. The summed E-state index contributed by atoms with van der Waals surface area (Å²) in [5.74, 6) is 3.04. The summed E-state index contributed by atoms with van der Waals surface area (Å²) >= 11 is 0. The van der Waals surface area contributed by atoms with Crippen LogP contribution >= 0.6 is 0 Å². The lowest BCUT2D eigenvalue weighted by Gasteiger charge is -2.17. The lowest BCUT2D eigenvalue weighted by Crippen LogP contribution is -2.30. The van der Waals surface area contributed by atoms with E-state index in [4.69, 9.17) is 19.2 Å². The number of unbranched alkanes of at least 4 members (excludes halogenated alkanes) is 1. The van der Waals surface area contributed by atoms with Crippen LogP contribution in [-0.2, 0) is 24.2 Å². The molecule has 4 rings (SSSR count). The van der Waals surface area contributed by atoms with Gasteiger partial charge >= 0.3 is 0 Å². The Bertz CT molecular complexity index is 1390. The molecule has 0 aliphatic heterocycles. The number of rotatable bonds is 14. The van der Waals surface area contributed by atoms with E-state index in [1.54, 1.807) is 14.2 Å². The molecule has 4 aromatic rings. The molecule has 1 aromatic heterocycles. The number of carbonyl (C=O) groups is 1. The zero-order chi connectivity index (χ0) is 27.6. The van der Waals surface area contributed by atoms with Crippen LogP contribution in [0.1, 0.15) is 42.8 Å². The van der Waals surface area contributed by atoms with Crippen molar-refractivity contribution in [2.75, 3.05) is 20.8 Å². The minimum absolute atomic E-state index is 0.0484. The molecule has 0 saturated heterocycles. The van der Waals surface area contributed by atoms with Crippen LogP contribution in [0.5, 0.6) is 17.2 Å². The molecule has 0 fully saturated rings. The van der Waals surface area contributed by atoms with Crippen molar-refractivity contribution >= 4 is 16.9 Å². The SMILES string of the molecule is C=CCc1ccc(OCCCCn2c(C(C)NC(=O)Cc3ccc(OC)cc3)nc3ccccc32)c(OC)c1. The number of hydrogen-bond donors (Lipinski definition) is 1. The lowest BCUT2D eigenvalue weighted by molar-refractivity contribution is -0.121. The number of aromatic nitrogens is 2. The normalized spacial score (nSPS) is 11.7. The second-order valence-electron chi connectivity index (χ2n) is 9.46. The maximum atomic E-state index is 12.8. The van der Waals surface area contributed by atoms with Gasteiger partial charge in [0.2, 0.25) is 5.91 Å². The van der Waals surface area contributed by atoms with Crippen molar-refractivity contribution in [3.8, 4) is 17.2 Å². The van der Waals surface area contributed by atoms with Gasteiger partial charge in [0.15, 0.2) is 11.5 Å². The van der Waals surface area contributed by atoms with Gasteiger partial charge < -0.3 is 24.1 Å². The van der Waals surface area contributed by atoms with Crippen molar-refractivity contribution < 1.29 is 19.0 Å². The van der Waals surface area contributed by atoms with Crippen molar-refractivity contribution in [3.05, 3.63) is 96.3 Å². The summed E-state index contributed by atoms with van der Waals surface area (Å²) < 4.78 is 18.9. The van der Waals surface area contributed by atoms with E-state index in [1.165, 1.54) is 0 Å². The highest BCUT2D eigenvalue weighted by Crippen LogP contribution is 2.29. The number of aryl methyl sites for hydroxylation is 1. The van der Waals surface area contributed by atoms with Crippen molar-refractivity contribution in [1.29, 1.82) is 0 Å². The average molecular weight is 528 g/mol. The second-order valence-corrected chi connectivity index (χ2v) is 9.46. The average Bonchev–Trinajstić information content (AvgIpc) is 3.32. The predicted octanol–water partition coefficient (Wildman–Crippen LogP) is 6.06. The van der Waals surface area contributed by atoms with E-state index >= 15 is 0 Å². The zero-order valence-electron chi connectivity index (χ0n) is 23.0. The number of nitrogens with zero attached hydrogens (tertiary/aromatic N) is 2. The van der Waals surface area contributed by atoms with Crippen molar-refractivity contribution in [1.82, 2.24) is 14.9 Å². The lowest BCUT2D eigenvalue weighted by atomic mass is 10.1. The minimum atomic E-state index is -0.238. The Hall–Kier alpha value is -4.26. The van der Waals surface area contributed by atoms with Crippen LogP contribution in [0.25, 0.3) is 11.0 Å². The first kappa shape index (κ1) is 27.8. The molecule has 0 saturated carbocycles. The molecular formula is C32H37N3O4. The van der Waals surface area contributed by atoms with E-state index in [0.717, 1.165) is 71.0 Å². The Kier molecular flexibility index (Phi) is 9.62. The number of nitrogens with one attached hydrogen (secondary N) is 1. The summed E-state index contributed by atoms with van der Waals surface area (Å²) in [6.45, 7) is 7.12. The number of ether oxygens (including phenoxy) is 3. The molecule has 1 N–H and O–H groups in total. The van der Waals surface area contributed by atoms with Gasteiger partial charge in [-0.15, -0.1) is 6.58 Å². The van der Waals surface area contributed by atoms with E-state index in [2.05, 4.69) is 22.5 Å². The maximum absolute atomic E-state index is 12.8. The van der Waals surface area contributed by atoms with Gasteiger partial charge in [0, 0.05) is 6.54 Å². The Morgan fingerprint density at radius 3 is 2.51 bits per heavy atom. The first-order valence-electron chi connectivity index (χ1n) is 13.3. The molecule has 1 atom stereocenters. The van der Waals surface area contributed by atoms with Gasteiger partial charge in [0.25, 0.3) is 0 Å². The van der Waals surface area contributed by atoms with Gasteiger partial charge in [0.1, 0.15) is 11.6 Å². The molecule has 7 heteroatoms. The van der Waals surface area contributed by atoms with Gasteiger partial charge in [-0.05, 0) is 73.7 Å². The number of benzene rings is 3. The summed E-state index contributed by atoms with van der Waals surface area (Å²) in [5, 5.41) is 3.13. The van der Waals surface area contributed by atoms with Crippen LogP contribution in [0.4, 0.5) is 0 Å². The Balaban J connectivity index is 1.36. The topological polar surface area (TPSA) is 74.6 Å². The summed E-state index contributed by atoms with van der Waals surface area (Å²) in [7, 11) is 3.28. The first-order chi connectivity index (χ1) is 19.0. The third-order valence-corrected chi connectivity index (χ3v) is 6.61. The van der Waals surface area contributed by atoms with Crippen LogP contribution in [-0.4, -0.2) is 36.3 Å². The fraction of sp³-hybridized carbons (Fsp3) is 0.312. The summed E-state index contributed by atoms with van der Waals surface area (Å²) in [5.41, 5.74) is 4.05. The fourth-order valence-electron chi connectivity index (χ4n) is 4.62. The molecule has 0 radical (unpaired) electrons. The van der Waals surface area contributed by atoms with Gasteiger partial charge in [0.05, 0.1) is 44.3 Å². The molecule has 0 bridgehead atoms. The second kappa shape index (κ2) is 13.5. The minimum Gasteiger partial charge on any atom is -0.497 e. The molecular weight excluding hydrogens is 490 g/mol. The molecule has 1 heterocycles. The van der Waals surface area contributed by atoms with E-state index < -0.39 is 0 Å². The molecule has 204 valence electrons. The monoisotopic (exact) mass is 527 g/mol. The fourth-order valence-corrected chi connectivity index (χ4v) is 4.62. The molecule has 0 aliphatic rings. The predicted molar refractivity (Wildman–Crippen MR) is 155 cm³/mol. The summed E-state index contributed by atoms with van der Waals surface area (Å²) in [4.78, 5) is 17.7. The number of carbonyl (C=O) groups excluding carboxylic acids is 1. The van der Waals surface area contributed by atoms with E-state index in [9.17, 15) is 4.79 Å². The Morgan fingerprint density at radius 1 is 1.00 bits per heavy atom. The quantitative estimate of drug-likeness (QED) is 0.159. The van der Waals surface area contributed by atoms with Crippen LogP contribution in [0.3, 0.4) is 0 Å². The maximum Gasteiger partial charge on any atom is 0.224 e. The number of allylic oxidation sites excluding steroid dienone is 1. The molecule has 0 spiro atoms. The third kappa shape index (κ3) is 7.19. The molecule has 3 aromatic carbocycles. The standard InChI is InChI=1S/C32H37N3O4/c1-5-10-24-15-18-29(30(21-24)38-4)39-20-9-8-19-35-28-12-7-6-11-27(28)34-32(35)23(2)33-31(36)22-25-13-16-26(37-3)17-14-25/h5-7,11-18,21,23H,1,8-10,19-20,22H2,2-4H3,(H,33,36). The molecule has 7 nitrogen and oxygen atoms in total. The summed E-state index contributed by atoms with van der Waals surface area (Å²) in [6, 6.07) is 21.4. The number of hydrogen-bond acceptors (Lipinski definition) is 5. The van der Waals surface area contributed by atoms with Gasteiger partial charge in [-0.2, -0.15) is 0 Å². The van der Waals surface area contributed by atoms with Crippen LogP contribution in [0.2, 0.25) is 0 Å². The first-order valence-corrected chi connectivity index (χ1v) is 13.3. The summed E-state index contributed by atoms with van der Waals surface area (Å²) in [6.07, 6.45) is 4.72. The number of para-hydroxylation sites is 2. The van der Waals surface area contributed by atoms with E-state index in [1.807, 2.05) is 73.7 Å². The van der Waals surface area contributed by atoms with Gasteiger partial charge in [-0.25, -0.2) is 4.98 Å². The van der Waals surface area contributed by atoms with E-state index in [0.29, 0.717) is 13.0 Å².